The van der Waals surface area contributed by atoms with Crippen LogP contribution in [0.1, 0.15) is 36.4 Å². The lowest BCUT2D eigenvalue weighted by Gasteiger charge is -2.29. The Kier molecular flexibility index (Phi) is 3.50. The third-order valence-electron chi connectivity index (χ3n) is 4.60. The number of fused-ring (bicyclic) bond motifs is 2. The minimum absolute atomic E-state index is 0.350. The molecule has 1 aromatic carbocycles. The summed E-state index contributed by atoms with van der Waals surface area (Å²) in [4.78, 5) is 2.35. The lowest BCUT2D eigenvalue weighted by molar-refractivity contribution is -0.137. The van der Waals surface area contributed by atoms with Gasteiger partial charge in [-0.3, -0.25) is 4.90 Å². The van der Waals surface area contributed by atoms with Crippen molar-refractivity contribution in [1.29, 1.82) is 0 Å². The van der Waals surface area contributed by atoms with Crippen LogP contribution in [0.15, 0.2) is 24.3 Å². The van der Waals surface area contributed by atoms with Crippen molar-refractivity contribution >= 4 is 0 Å². The Bertz CT molecular complexity index is 486. The number of hydrogen-bond acceptors (Lipinski definition) is 2. The summed E-state index contributed by atoms with van der Waals surface area (Å²) in [7, 11) is 0. The highest BCUT2D eigenvalue weighted by Gasteiger charge is 2.38. The van der Waals surface area contributed by atoms with E-state index in [9.17, 15) is 13.2 Å². The van der Waals surface area contributed by atoms with Crippen LogP contribution in [0.5, 0.6) is 0 Å². The van der Waals surface area contributed by atoms with Crippen molar-refractivity contribution < 1.29 is 13.2 Å². The van der Waals surface area contributed by atoms with Gasteiger partial charge in [-0.15, -0.1) is 0 Å². The van der Waals surface area contributed by atoms with Gasteiger partial charge in [0, 0.05) is 25.2 Å². The molecule has 3 atom stereocenters. The van der Waals surface area contributed by atoms with E-state index in [-0.39, 0.29) is 6.04 Å². The molecule has 110 valence electrons. The van der Waals surface area contributed by atoms with Gasteiger partial charge < -0.3 is 5.73 Å². The molecule has 2 nitrogen and oxygen atoms in total. The van der Waals surface area contributed by atoms with Gasteiger partial charge in [0.05, 0.1) is 5.56 Å². The van der Waals surface area contributed by atoms with Crippen LogP contribution >= 0.6 is 0 Å². The van der Waals surface area contributed by atoms with Crippen LogP contribution in [0, 0.1) is 5.92 Å². The lowest BCUT2D eigenvalue weighted by atomic mass is 10.0. The highest BCUT2D eigenvalue weighted by atomic mass is 19.4. The van der Waals surface area contributed by atoms with Crippen molar-refractivity contribution in [3.05, 3.63) is 35.4 Å². The first kappa shape index (κ1) is 13.9. The third kappa shape index (κ3) is 2.69. The van der Waals surface area contributed by atoms with E-state index < -0.39 is 11.7 Å². The summed E-state index contributed by atoms with van der Waals surface area (Å²) in [6, 6.07) is 5.64. The molecule has 1 saturated carbocycles. The number of hydrogen-bond donors (Lipinski definition) is 1. The third-order valence-corrected chi connectivity index (χ3v) is 4.60. The molecule has 1 heterocycles. The maximum absolute atomic E-state index is 12.7. The summed E-state index contributed by atoms with van der Waals surface area (Å²) >= 11 is 0. The van der Waals surface area contributed by atoms with Gasteiger partial charge >= 0.3 is 6.18 Å². The minimum Gasteiger partial charge on any atom is -0.323 e. The van der Waals surface area contributed by atoms with Gasteiger partial charge in [-0.25, -0.2) is 0 Å². The van der Waals surface area contributed by atoms with E-state index in [2.05, 4.69) is 4.90 Å². The fourth-order valence-electron chi connectivity index (χ4n) is 3.55. The molecule has 2 bridgehead atoms. The summed E-state index contributed by atoms with van der Waals surface area (Å²) in [5.74, 6) is 0.772. The van der Waals surface area contributed by atoms with E-state index in [4.69, 9.17) is 5.73 Å². The average Bonchev–Trinajstić information content (AvgIpc) is 3.00. The molecule has 20 heavy (non-hydrogen) atoms. The van der Waals surface area contributed by atoms with E-state index in [1.165, 1.54) is 31.4 Å². The second-order valence-corrected chi connectivity index (χ2v) is 6.02. The fourth-order valence-corrected chi connectivity index (χ4v) is 3.55. The van der Waals surface area contributed by atoms with Gasteiger partial charge in [0.15, 0.2) is 0 Å². The Labute approximate surface area is 116 Å². The van der Waals surface area contributed by atoms with Gasteiger partial charge in [0.25, 0.3) is 0 Å². The molecule has 0 aromatic heterocycles. The number of halogens is 3. The zero-order valence-electron chi connectivity index (χ0n) is 11.2. The van der Waals surface area contributed by atoms with Crippen LogP contribution in [-0.4, -0.2) is 24.0 Å². The quantitative estimate of drug-likeness (QED) is 0.923. The molecule has 1 aromatic rings. The van der Waals surface area contributed by atoms with E-state index in [1.807, 2.05) is 0 Å². The summed E-state index contributed by atoms with van der Waals surface area (Å²) in [6.45, 7) is 1.71. The number of benzene rings is 1. The first-order valence-electron chi connectivity index (χ1n) is 7.10. The molecule has 0 radical (unpaired) electrons. The number of piperidine rings is 1. The van der Waals surface area contributed by atoms with E-state index >= 15 is 0 Å². The Morgan fingerprint density at radius 3 is 2.70 bits per heavy atom. The second-order valence-electron chi connectivity index (χ2n) is 6.02. The predicted octanol–water partition coefficient (Wildman–Crippen LogP) is 3.19. The van der Waals surface area contributed by atoms with Crippen LogP contribution in [0.25, 0.3) is 0 Å². The minimum atomic E-state index is -4.30. The van der Waals surface area contributed by atoms with Crippen molar-refractivity contribution in [2.75, 3.05) is 13.1 Å². The highest BCUT2D eigenvalue weighted by molar-refractivity contribution is 5.28. The van der Waals surface area contributed by atoms with Gasteiger partial charge in [0.2, 0.25) is 0 Å². The van der Waals surface area contributed by atoms with Gasteiger partial charge in [-0.2, -0.15) is 13.2 Å². The van der Waals surface area contributed by atoms with Gasteiger partial charge in [-0.05, 0) is 42.9 Å². The molecule has 0 amide bonds. The monoisotopic (exact) mass is 284 g/mol. The summed E-state index contributed by atoms with van der Waals surface area (Å²) < 4.78 is 38.1. The summed E-state index contributed by atoms with van der Waals surface area (Å²) in [5.41, 5.74) is 6.06. The first-order chi connectivity index (χ1) is 9.43. The van der Waals surface area contributed by atoms with Crippen molar-refractivity contribution in [2.24, 2.45) is 11.7 Å². The van der Waals surface area contributed by atoms with Crippen LogP contribution in [0.4, 0.5) is 13.2 Å². The van der Waals surface area contributed by atoms with Crippen LogP contribution in [-0.2, 0) is 6.18 Å². The molecule has 2 fully saturated rings. The zero-order chi connectivity index (χ0) is 14.3. The van der Waals surface area contributed by atoms with Crippen LogP contribution in [0.3, 0.4) is 0 Å². The Morgan fingerprint density at radius 1 is 1.30 bits per heavy atom. The molecular weight excluding hydrogens is 265 g/mol. The molecule has 1 saturated heterocycles. The number of rotatable bonds is 3. The largest absolute Gasteiger partial charge is 0.416 e. The number of likely N-dealkylation sites (tertiary alicyclic amines) is 1. The molecule has 0 spiro atoms. The molecule has 3 unspecified atom stereocenters. The normalized spacial score (nSPS) is 28.0. The smallest absolute Gasteiger partial charge is 0.323 e. The van der Waals surface area contributed by atoms with Crippen molar-refractivity contribution in [3.8, 4) is 0 Å². The molecular formula is C15H19F3N2. The fraction of sp³-hybridized carbons (Fsp3) is 0.600. The van der Waals surface area contributed by atoms with Crippen molar-refractivity contribution in [3.63, 3.8) is 0 Å². The standard InChI is InChI=1S/C15H19F3N2/c16-15(17,18)12-3-1-2-11(7-12)14(19)9-20-8-10-4-5-13(20)6-10/h1-3,7,10,13-14H,4-6,8-9,19H2. The maximum atomic E-state index is 12.7. The maximum Gasteiger partial charge on any atom is 0.416 e. The lowest BCUT2D eigenvalue weighted by Crippen LogP contribution is -2.37. The van der Waals surface area contributed by atoms with E-state index in [0.717, 1.165) is 18.5 Å². The number of nitrogens with zero attached hydrogens (tertiary/aromatic N) is 1. The Balaban J connectivity index is 1.69. The van der Waals surface area contributed by atoms with E-state index in [1.54, 1.807) is 6.07 Å². The highest BCUT2D eigenvalue weighted by Crippen LogP contribution is 2.38. The van der Waals surface area contributed by atoms with Gasteiger partial charge in [0.1, 0.15) is 0 Å². The molecule has 3 rings (SSSR count). The predicted molar refractivity (Wildman–Crippen MR) is 71.1 cm³/mol. The summed E-state index contributed by atoms with van der Waals surface area (Å²) in [5, 5.41) is 0. The van der Waals surface area contributed by atoms with Crippen LogP contribution < -0.4 is 5.73 Å². The molecule has 2 aliphatic rings. The molecule has 2 N–H and O–H groups in total. The van der Waals surface area contributed by atoms with Crippen LogP contribution in [0.2, 0.25) is 0 Å². The average molecular weight is 284 g/mol. The Morgan fingerprint density at radius 2 is 2.10 bits per heavy atom. The second kappa shape index (κ2) is 5.04. The van der Waals surface area contributed by atoms with E-state index in [0.29, 0.717) is 18.2 Å². The number of alkyl halides is 3. The van der Waals surface area contributed by atoms with Gasteiger partial charge in [-0.1, -0.05) is 12.1 Å². The SMILES string of the molecule is NC(CN1CC2CCC1C2)c1cccc(C(F)(F)F)c1. The number of nitrogens with two attached hydrogens (primary N) is 1. The molecule has 1 aliphatic heterocycles. The zero-order valence-corrected chi connectivity index (χ0v) is 11.2. The van der Waals surface area contributed by atoms with Crippen molar-refractivity contribution in [1.82, 2.24) is 4.90 Å². The summed E-state index contributed by atoms with van der Waals surface area (Å²) in [6.07, 6.45) is -0.572. The molecule has 1 aliphatic carbocycles. The molecule has 5 heteroatoms. The first-order valence-corrected chi connectivity index (χ1v) is 7.10. The Hall–Kier alpha value is -1.07. The topological polar surface area (TPSA) is 29.3 Å². The van der Waals surface area contributed by atoms with Crippen molar-refractivity contribution in [2.45, 2.75) is 37.5 Å².